The number of benzene rings is 1. The molecule has 0 unspecified atom stereocenters. The van der Waals surface area contributed by atoms with Crippen LogP contribution in [0.25, 0.3) is 22.2 Å². The molecule has 0 bridgehead atoms. The van der Waals surface area contributed by atoms with E-state index in [9.17, 15) is 9.59 Å². The second-order valence-electron chi connectivity index (χ2n) is 7.53. The van der Waals surface area contributed by atoms with Crippen LogP contribution in [-0.4, -0.2) is 69.4 Å². The molecule has 162 valence electrons. The first-order chi connectivity index (χ1) is 15.0. The molecule has 1 aromatic carbocycles. The number of rotatable bonds is 4. The highest BCUT2D eigenvalue weighted by molar-refractivity contribution is 6.07. The summed E-state index contributed by atoms with van der Waals surface area (Å²) >= 11 is 0. The molecular weight excluding hydrogens is 394 g/mol. The van der Waals surface area contributed by atoms with Gasteiger partial charge in [0.1, 0.15) is 0 Å². The molecule has 3 aromatic rings. The molecule has 2 aromatic heterocycles. The Morgan fingerprint density at radius 3 is 2.45 bits per heavy atom. The van der Waals surface area contributed by atoms with Crippen LogP contribution in [0.1, 0.15) is 29.9 Å². The molecule has 4 rings (SSSR count). The highest BCUT2D eigenvalue weighted by Crippen LogP contribution is 2.28. The number of piperazine rings is 1. The third-order valence-corrected chi connectivity index (χ3v) is 5.59. The van der Waals surface area contributed by atoms with Gasteiger partial charge >= 0.3 is 6.09 Å². The van der Waals surface area contributed by atoms with Crippen molar-refractivity contribution < 1.29 is 14.3 Å². The molecule has 1 saturated heterocycles. The molecule has 0 saturated carbocycles. The third-order valence-electron chi connectivity index (χ3n) is 5.59. The SMILES string of the molecule is CCOC(=O)N1CCN(C(=O)c2cc(-c3cn(CC)nc3C)nc3ccccc23)CC1. The van der Waals surface area contributed by atoms with Gasteiger partial charge in [-0.15, -0.1) is 0 Å². The number of aryl methyl sites for hydroxylation is 2. The van der Waals surface area contributed by atoms with Gasteiger partial charge in [0.05, 0.1) is 29.1 Å². The molecule has 0 atom stereocenters. The first-order valence-electron chi connectivity index (χ1n) is 10.7. The molecular formula is C23H27N5O3. The maximum Gasteiger partial charge on any atom is 0.409 e. The zero-order chi connectivity index (χ0) is 22.0. The van der Waals surface area contributed by atoms with E-state index in [1.165, 1.54) is 0 Å². The van der Waals surface area contributed by atoms with Gasteiger partial charge in [0.15, 0.2) is 0 Å². The normalized spacial score (nSPS) is 14.2. The van der Waals surface area contributed by atoms with Crippen molar-refractivity contribution in [3.8, 4) is 11.3 Å². The summed E-state index contributed by atoms with van der Waals surface area (Å²) in [6, 6.07) is 9.56. The lowest BCUT2D eigenvalue weighted by molar-refractivity contribution is 0.0572. The Bertz CT molecular complexity index is 1120. The van der Waals surface area contributed by atoms with Crippen LogP contribution in [0.5, 0.6) is 0 Å². The Labute approximate surface area is 181 Å². The lowest BCUT2D eigenvalue weighted by Crippen LogP contribution is -2.50. The quantitative estimate of drug-likeness (QED) is 0.645. The van der Waals surface area contributed by atoms with Crippen LogP contribution in [-0.2, 0) is 11.3 Å². The summed E-state index contributed by atoms with van der Waals surface area (Å²) in [7, 11) is 0. The lowest BCUT2D eigenvalue weighted by atomic mass is 10.0. The maximum atomic E-state index is 13.5. The summed E-state index contributed by atoms with van der Waals surface area (Å²) in [5.74, 6) is -0.0519. The fraction of sp³-hybridized carbons (Fsp3) is 0.391. The van der Waals surface area contributed by atoms with Crippen molar-refractivity contribution in [2.75, 3.05) is 32.8 Å². The van der Waals surface area contributed by atoms with Gasteiger partial charge in [-0.1, -0.05) is 18.2 Å². The van der Waals surface area contributed by atoms with Gasteiger partial charge in [-0.2, -0.15) is 5.10 Å². The fourth-order valence-corrected chi connectivity index (χ4v) is 3.90. The van der Waals surface area contributed by atoms with E-state index in [0.29, 0.717) is 38.3 Å². The second kappa shape index (κ2) is 8.75. The first kappa shape index (κ1) is 20.8. The predicted molar refractivity (Wildman–Crippen MR) is 118 cm³/mol. The number of hydrogen-bond acceptors (Lipinski definition) is 5. The highest BCUT2D eigenvalue weighted by Gasteiger charge is 2.27. The predicted octanol–water partition coefficient (Wildman–Crippen LogP) is 3.34. The van der Waals surface area contributed by atoms with Crippen LogP contribution < -0.4 is 0 Å². The zero-order valence-corrected chi connectivity index (χ0v) is 18.2. The van der Waals surface area contributed by atoms with Gasteiger partial charge < -0.3 is 14.5 Å². The topological polar surface area (TPSA) is 80.6 Å². The van der Waals surface area contributed by atoms with E-state index in [1.807, 2.05) is 55.1 Å². The van der Waals surface area contributed by atoms with Crippen molar-refractivity contribution in [3.05, 3.63) is 47.8 Å². The Balaban J connectivity index is 1.66. The molecule has 0 radical (unpaired) electrons. The number of para-hydroxylation sites is 1. The number of nitrogens with zero attached hydrogens (tertiary/aromatic N) is 5. The van der Waals surface area contributed by atoms with Gasteiger partial charge in [-0.3, -0.25) is 9.48 Å². The average molecular weight is 422 g/mol. The van der Waals surface area contributed by atoms with Gasteiger partial charge in [0, 0.05) is 49.9 Å². The number of aromatic nitrogens is 3. The average Bonchev–Trinajstić information content (AvgIpc) is 3.19. The van der Waals surface area contributed by atoms with E-state index >= 15 is 0 Å². The molecule has 0 spiro atoms. The number of hydrogen-bond donors (Lipinski definition) is 0. The minimum Gasteiger partial charge on any atom is -0.450 e. The Kier molecular flexibility index (Phi) is 5.88. The molecule has 0 aliphatic carbocycles. The van der Waals surface area contributed by atoms with Crippen molar-refractivity contribution in [2.45, 2.75) is 27.3 Å². The van der Waals surface area contributed by atoms with Crippen molar-refractivity contribution in [2.24, 2.45) is 0 Å². The van der Waals surface area contributed by atoms with Gasteiger partial charge in [-0.25, -0.2) is 9.78 Å². The van der Waals surface area contributed by atoms with Crippen LogP contribution in [0.15, 0.2) is 36.5 Å². The van der Waals surface area contributed by atoms with Crippen LogP contribution in [0.4, 0.5) is 4.79 Å². The number of fused-ring (bicyclic) bond motifs is 1. The van der Waals surface area contributed by atoms with E-state index < -0.39 is 0 Å². The monoisotopic (exact) mass is 421 g/mol. The molecule has 1 aliphatic heterocycles. The summed E-state index contributed by atoms with van der Waals surface area (Å²) in [5.41, 5.74) is 3.94. The smallest absolute Gasteiger partial charge is 0.409 e. The fourth-order valence-electron chi connectivity index (χ4n) is 3.90. The molecule has 3 heterocycles. The second-order valence-corrected chi connectivity index (χ2v) is 7.53. The summed E-state index contributed by atoms with van der Waals surface area (Å²) in [4.78, 5) is 33.7. The van der Waals surface area contributed by atoms with E-state index in [-0.39, 0.29) is 12.0 Å². The van der Waals surface area contributed by atoms with E-state index in [1.54, 1.807) is 16.7 Å². The standard InChI is InChI=1S/C23H27N5O3/c1-4-28-15-19(16(3)25-28)21-14-18(17-8-6-7-9-20(17)24-21)22(29)26-10-12-27(13-11-26)23(30)31-5-2/h6-9,14-15H,4-5,10-13H2,1-3H3. The van der Waals surface area contributed by atoms with Crippen LogP contribution in [0, 0.1) is 6.92 Å². The summed E-state index contributed by atoms with van der Waals surface area (Å²) in [6.45, 7) is 8.75. The highest BCUT2D eigenvalue weighted by atomic mass is 16.6. The first-order valence-corrected chi connectivity index (χ1v) is 10.7. The van der Waals surface area contributed by atoms with Gasteiger partial charge in [0.25, 0.3) is 5.91 Å². The van der Waals surface area contributed by atoms with E-state index in [2.05, 4.69) is 5.10 Å². The Hall–Kier alpha value is -3.42. The number of carbonyl (C=O) groups is 2. The summed E-state index contributed by atoms with van der Waals surface area (Å²) < 4.78 is 6.95. The minimum absolute atomic E-state index is 0.0519. The van der Waals surface area contributed by atoms with Crippen molar-refractivity contribution in [1.82, 2.24) is 24.6 Å². The van der Waals surface area contributed by atoms with Crippen molar-refractivity contribution in [3.63, 3.8) is 0 Å². The molecule has 31 heavy (non-hydrogen) atoms. The number of pyridine rings is 1. The number of ether oxygens (including phenoxy) is 1. The molecule has 0 N–H and O–H groups in total. The zero-order valence-electron chi connectivity index (χ0n) is 18.2. The number of amides is 2. The Morgan fingerprint density at radius 1 is 1.06 bits per heavy atom. The molecule has 2 amide bonds. The number of carbonyl (C=O) groups excluding carboxylic acids is 2. The lowest BCUT2D eigenvalue weighted by Gasteiger charge is -2.34. The molecule has 8 heteroatoms. The van der Waals surface area contributed by atoms with Crippen molar-refractivity contribution in [1.29, 1.82) is 0 Å². The summed E-state index contributed by atoms with van der Waals surface area (Å²) in [5, 5.41) is 5.35. The van der Waals surface area contributed by atoms with Gasteiger partial charge in [0.2, 0.25) is 0 Å². The molecule has 1 aliphatic rings. The van der Waals surface area contributed by atoms with Crippen LogP contribution in [0.3, 0.4) is 0 Å². The largest absolute Gasteiger partial charge is 0.450 e. The molecule has 1 fully saturated rings. The minimum atomic E-state index is -0.324. The van der Waals surface area contributed by atoms with Crippen LogP contribution >= 0.6 is 0 Å². The van der Waals surface area contributed by atoms with E-state index in [4.69, 9.17) is 9.72 Å². The summed E-state index contributed by atoms with van der Waals surface area (Å²) in [6.07, 6.45) is 1.65. The maximum absolute atomic E-state index is 13.5. The van der Waals surface area contributed by atoms with Gasteiger partial charge in [-0.05, 0) is 32.9 Å². The van der Waals surface area contributed by atoms with Crippen molar-refractivity contribution >= 4 is 22.9 Å². The Morgan fingerprint density at radius 2 is 1.77 bits per heavy atom. The van der Waals surface area contributed by atoms with Crippen LogP contribution in [0.2, 0.25) is 0 Å². The third kappa shape index (κ3) is 4.10. The van der Waals surface area contributed by atoms with E-state index in [0.717, 1.165) is 34.4 Å². The molecule has 8 nitrogen and oxygen atoms in total.